The van der Waals surface area contributed by atoms with E-state index in [1.54, 1.807) is 4.57 Å². The number of aromatic nitrogens is 4. The molecule has 1 aliphatic heterocycles. The van der Waals surface area contributed by atoms with Gasteiger partial charge >= 0.3 is 0 Å². The SMILES string of the molecule is O=C(CCn1c(=O)c(N2CCCCC2)nc2ccccc21)NCc1nc2ccccc2[nH]1. The molecule has 8 nitrogen and oxygen atoms in total. The van der Waals surface area contributed by atoms with Crippen LogP contribution in [-0.4, -0.2) is 38.5 Å². The van der Waals surface area contributed by atoms with Crippen LogP contribution in [0.3, 0.4) is 0 Å². The van der Waals surface area contributed by atoms with Gasteiger partial charge in [-0.05, 0) is 43.5 Å². The average Bonchev–Trinajstić information content (AvgIpc) is 3.25. The van der Waals surface area contributed by atoms with Crippen molar-refractivity contribution in [1.29, 1.82) is 0 Å². The first-order valence-electron chi connectivity index (χ1n) is 11.1. The molecule has 8 heteroatoms. The van der Waals surface area contributed by atoms with E-state index in [2.05, 4.69) is 25.2 Å². The molecule has 4 aromatic rings. The predicted octanol–water partition coefficient (Wildman–Crippen LogP) is 2.97. The molecular formula is C24H26N6O2. The zero-order valence-corrected chi connectivity index (χ0v) is 17.9. The molecule has 3 heterocycles. The Kier molecular flexibility index (Phi) is 5.58. The standard InChI is InChI=1S/C24H26N6O2/c31-22(25-16-21-26-17-8-2-3-9-18(17)27-21)12-15-30-20-11-5-4-10-19(20)28-23(24(30)32)29-13-6-1-7-14-29/h2-5,8-11H,1,6-7,12-16H2,(H,25,31)(H,26,27). The number of piperidine rings is 1. The summed E-state index contributed by atoms with van der Waals surface area (Å²) in [4.78, 5) is 40.3. The lowest BCUT2D eigenvalue weighted by Gasteiger charge is -2.27. The summed E-state index contributed by atoms with van der Waals surface area (Å²) in [6.07, 6.45) is 3.52. The summed E-state index contributed by atoms with van der Waals surface area (Å²) in [6.45, 7) is 2.31. The van der Waals surface area contributed by atoms with Crippen molar-refractivity contribution in [1.82, 2.24) is 24.8 Å². The molecular weight excluding hydrogens is 404 g/mol. The molecule has 5 rings (SSSR count). The fourth-order valence-electron chi connectivity index (χ4n) is 4.29. The first kappa shape index (κ1) is 20.2. The molecule has 1 aliphatic rings. The van der Waals surface area contributed by atoms with Gasteiger partial charge in [0, 0.05) is 26.1 Å². The van der Waals surface area contributed by atoms with Crippen LogP contribution in [-0.2, 0) is 17.9 Å². The average molecular weight is 431 g/mol. The van der Waals surface area contributed by atoms with Crippen molar-refractivity contribution in [3.05, 3.63) is 64.7 Å². The molecule has 2 aromatic heterocycles. The first-order chi connectivity index (χ1) is 15.7. The number of nitrogens with one attached hydrogen (secondary N) is 2. The van der Waals surface area contributed by atoms with Gasteiger partial charge in [-0.25, -0.2) is 9.97 Å². The lowest BCUT2D eigenvalue weighted by Crippen LogP contribution is -2.37. The number of carbonyl (C=O) groups excluding carboxylic acids is 1. The maximum atomic E-state index is 13.3. The van der Waals surface area contributed by atoms with Gasteiger partial charge in [-0.2, -0.15) is 0 Å². The van der Waals surface area contributed by atoms with Gasteiger partial charge in [-0.15, -0.1) is 0 Å². The summed E-state index contributed by atoms with van der Waals surface area (Å²) in [5, 5.41) is 2.90. The molecule has 164 valence electrons. The van der Waals surface area contributed by atoms with Gasteiger partial charge in [0.05, 0.1) is 28.6 Å². The fraction of sp³-hybridized carbons (Fsp3) is 0.333. The Balaban J connectivity index is 1.32. The molecule has 1 amide bonds. The van der Waals surface area contributed by atoms with Crippen molar-refractivity contribution in [2.45, 2.75) is 38.8 Å². The van der Waals surface area contributed by atoms with Crippen molar-refractivity contribution >= 4 is 33.8 Å². The Labute approximate surface area is 185 Å². The number of anilines is 1. The molecule has 2 aromatic carbocycles. The van der Waals surface area contributed by atoms with Crippen LogP contribution in [0.5, 0.6) is 0 Å². The highest BCUT2D eigenvalue weighted by molar-refractivity contribution is 5.78. The van der Waals surface area contributed by atoms with E-state index in [1.807, 2.05) is 48.5 Å². The summed E-state index contributed by atoms with van der Waals surface area (Å²) < 4.78 is 1.69. The van der Waals surface area contributed by atoms with Crippen molar-refractivity contribution in [2.24, 2.45) is 0 Å². The maximum absolute atomic E-state index is 13.3. The van der Waals surface area contributed by atoms with E-state index in [-0.39, 0.29) is 17.9 Å². The zero-order valence-electron chi connectivity index (χ0n) is 17.9. The number of hydrogen-bond donors (Lipinski definition) is 2. The van der Waals surface area contributed by atoms with Crippen LogP contribution in [0.1, 0.15) is 31.5 Å². The monoisotopic (exact) mass is 430 g/mol. The predicted molar refractivity (Wildman–Crippen MR) is 125 cm³/mol. The number of H-pyrrole nitrogens is 1. The molecule has 0 bridgehead atoms. The number of aryl methyl sites for hydroxylation is 1. The summed E-state index contributed by atoms with van der Waals surface area (Å²) in [7, 11) is 0. The van der Waals surface area contributed by atoms with Crippen LogP contribution in [0, 0.1) is 0 Å². The van der Waals surface area contributed by atoms with E-state index < -0.39 is 0 Å². The highest BCUT2D eigenvalue weighted by Crippen LogP contribution is 2.18. The quantitative estimate of drug-likeness (QED) is 0.490. The number of nitrogens with zero attached hydrogens (tertiary/aromatic N) is 4. The Morgan fingerprint density at radius 3 is 2.53 bits per heavy atom. The van der Waals surface area contributed by atoms with E-state index in [9.17, 15) is 9.59 Å². The number of rotatable bonds is 6. The van der Waals surface area contributed by atoms with Gasteiger partial charge in [0.25, 0.3) is 5.56 Å². The molecule has 0 saturated carbocycles. The number of hydrogen-bond acceptors (Lipinski definition) is 5. The van der Waals surface area contributed by atoms with Crippen molar-refractivity contribution in [2.75, 3.05) is 18.0 Å². The van der Waals surface area contributed by atoms with E-state index in [0.717, 1.165) is 48.0 Å². The van der Waals surface area contributed by atoms with Crippen molar-refractivity contribution in [3.8, 4) is 0 Å². The molecule has 0 aliphatic carbocycles. The van der Waals surface area contributed by atoms with E-state index in [1.165, 1.54) is 6.42 Å². The van der Waals surface area contributed by atoms with Crippen LogP contribution >= 0.6 is 0 Å². The number of aromatic amines is 1. The number of amides is 1. The lowest BCUT2D eigenvalue weighted by molar-refractivity contribution is -0.121. The minimum Gasteiger partial charge on any atom is -0.352 e. The normalized spacial score (nSPS) is 14.2. The van der Waals surface area contributed by atoms with Crippen molar-refractivity contribution in [3.63, 3.8) is 0 Å². The minimum absolute atomic E-state index is 0.127. The number of imidazole rings is 1. The summed E-state index contributed by atoms with van der Waals surface area (Å²) in [6, 6.07) is 15.4. The minimum atomic E-state index is -0.129. The molecule has 0 radical (unpaired) electrons. The molecule has 0 spiro atoms. The molecule has 1 saturated heterocycles. The van der Waals surface area contributed by atoms with Crippen LogP contribution in [0.25, 0.3) is 22.1 Å². The van der Waals surface area contributed by atoms with Crippen molar-refractivity contribution < 1.29 is 4.79 Å². The molecule has 2 N–H and O–H groups in total. The van der Waals surface area contributed by atoms with E-state index in [4.69, 9.17) is 0 Å². The van der Waals surface area contributed by atoms with Gasteiger partial charge in [-0.3, -0.25) is 9.59 Å². The zero-order chi connectivity index (χ0) is 21.9. The van der Waals surface area contributed by atoms with E-state index >= 15 is 0 Å². The third-order valence-electron chi connectivity index (χ3n) is 5.94. The number of para-hydroxylation sites is 4. The maximum Gasteiger partial charge on any atom is 0.294 e. The molecule has 32 heavy (non-hydrogen) atoms. The summed E-state index contributed by atoms with van der Waals surface area (Å²) in [5.41, 5.74) is 3.21. The lowest BCUT2D eigenvalue weighted by atomic mass is 10.1. The Morgan fingerprint density at radius 2 is 1.72 bits per heavy atom. The number of fused-ring (bicyclic) bond motifs is 2. The number of benzene rings is 2. The molecule has 0 unspecified atom stereocenters. The molecule has 0 atom stereocenters. The van der Waals surface area contributed by atoms with Crippen LogP contribution in [0.2, 0.25) is 0 Å². The first-order valence-corrected chi connectivity index (χ1v) is 11.1. The highest BCUT2D eigenvalue weighted by atomic mass is 16.2. The third-order valence-corrected chi connectivity index (χ3v) is 5.94. The second-order valence-electron chi connectivity index (χ2n) is 8.16. The smallest absolute Gasteiger partial charge is 0.294 e. The Morgan fingerprint density at radius 1 is 0.969 bits per heavy atom. The van der Waals surface area contributed by atoms with Gasteiger partial charge in [-0.1, -0.05) is 24.3 Å². The number of carbonyl (C=O) groups is 1. The second kappa shape index (κ2) is 8.82. The van der Waals surface area contributed by atoms with Crippen LogP contribution in [0.4, 0.5) is 5.82 Å². The van der Waals surface area contributed by atoms with Crippen LogP contribution in [0.15, 0.2) is 53.3 Å². The van der Waals surface area contributed by atoms with Gasteiger partial charge in [0.2, 0.25) is 5.91 Å². The largest absolute Gasteiger partial charge is 0.352 e. The third kappa shape index (κ3) is 4.08. The summed E-state index contributed by atoms with van der Waals surface area (Å²) >= 11 is 0. The topological polar surface area (TPSA) is 95.9 Å². The Hall–Kier alpha value is -3.68. The van der Waals surface area contributed by atoms with Gasteiger partial charge in [0.1, 0.15) is 5.82 Å². The Bertz CT molecular complexity index is 1290. The highest BCUT2D eigenvalue weighted by Gasteiger charge is 2.19. The molecule has 1 fully saturated rings. The second-order valence-corrected chi connectivity index (χ2v) is 8.16. The van der Waals surface area contributed by atoms with Gasteiger partial charge in [0.15, 0.2) is 5.82 Å². The van der Waals surface area contributed by atoms with Crippen LogP contribution < -0.4 is 15.8 Å². The van der Waals surface area contributed by atoms with Gasteiger partial charge < -0.3 is 19.8 Å². The summed E-state index contributed by atoms with van der Waals surface area (Å²) in [5.74, 6) is 1.07. The van der Waals surface area contributed by atoms with E-state index in [0.29, 0.717) is 24.7 Å². The fourth-order valence-corrected chi connectivity index (χ4v) is 4.29.